The summed E-state index contributed by atoms with van der Waals surface area (Å²) in [6, 6.07) is 82.6. The maximum absolute atomic E-state index is 13.5. The van der Waals surface area contributed by atoms with Crippen molar-refractivity contribution in [1.82, 2.24) is 18.7 Å². The van der Waals surface area contributed by atoms with Gasteiger partial charge in [-0.3, -0.25) is 0 Å². The SMILES string of the molecule is CC(C)(C)c1ccc2c(c1)c1cc(C(C)(C)C)ccc1n2-c1c(C#N)c(-n2c3ccc(C(C)(C)C)cc3c3cc(C(C)(C)C)ccc32)c(-n2c3ccc(C(C)(C)C)cc3c3cc(C(C)(C)C)ccc32)c(-c2ccccc2)c1-c1ccc(-c2ccccc2)nc1-c1ccccc1. The molecule has 14 rings (SSSR count). The van der Waals surface area contributed by atoms with Crippen molar-refractivity contribution < 1.29 is 0 Å². The Hall–Kier alpha value is -9.76. The Kier molecular flexibility index (Phi) is 14.6. The van der Waals surface area contributed by atoms with E-state index in [1.165, 1.54) is 33.4 Å². The van der Waals surface area contributed by atoms with Gasteiger partial charge in [0.05, 0.1) is 61.6 Å². The molecule has 0 aliphatic carbocycles. The van der Waals surface area contributed by atoms with E-state index in [-0.39, 0.29) is 32.5 Å². The fourth-order valence-electron chi connectivity index (χ4n) is 14.5. The molecule has 5 nitrogen and oxygen atoms in total. The second-order valence-electron chi connectivity index (χ2n) is 32.9. The summed E-state index contributed by atoms with van der Waals surface area (Å²) in [7, 11) is 0. The molecule has 14 aromatic rings. The van der Waals surface area contributed by atoms with Crippen LogP contribution in [0.5, 0.6) is 0 Å². The highest BCUT2D eigenvalue weighted by Crippen LogP contribution is 2.55. The molecule has 0 radical (unpaired) electrons. The van der Waals surface area contributed by atoms with E-state index in [4.69, 9.17) is 4.98 Å². The summed E-state index contributed by atoms with van der Waals surface area (Å²) in [6.07, 6.45) is 0. The molecule has 4 heterocycles. The molecule has 4 aromatic heterocycles. The van der Waals surface area contributed by atoms with Gasteiger partial charge >= 0.3 is 0 Å². The standard InChI is InChI=1S/C90H89N5/c1-85(2,3)58-34-42-73-65(48-58)66-49-59(86(4,5)6)35-43-74(66)93(73)82-71(54-91)83(94-75-44-36-60(87(7,8)9)50-67(75)68-51-61(88(10,11)12)37-45-76(68)94)84(95-77-46-38-62(89(13,14)15)52-69(77)70-53-63(90(16,17)18)39-47-78(70)95)79(56-30-24-20-25-31-56)80(82)64-40-41-72(55-28-22-19-23-29-55)92-81(64)57-32-26-21-27-33-57/h19-53H,1-18H3. The average molecular weight is 1240 g/mol. The first-order chi connectivity index (χ1) is 44.9. The zero-order valence-corrected chi connectivity index (χ0v) is 58.9. The Bertz CT molecular complexity index is 5230. The first kappa shape index (κ1) is 62.7. The minimum atomic E-state index is -0.154. The van der Waals surface area contributed by atoms with Gasteiger partial charge in [-0.25, -0.2) is 4.98 Å². The zero-order chi connectivity index (χ0) is 67.2. The normalized spacial score (nSPS) is 12.9. The molecule has 5 heteroatoms. The van der Waals surface area contributed by atoms with E-state index in [0.717, 1.165) is 127 Å². The molecule has 0 fully saturated rings. The summed E-state index contributed by atoms with van der Waals surface area (Å²) in [5.41, 5.74) is 23.1. The predicted molar refractivity (Wildman–Crippen MR) is 406 cm³/mol. The lowest BCUT2D eigenvalue weighted by Gasteiger charge is -2.29. The first-order valence-electron chi connectivity index (χ1n) is 34.0. The Labute approximate surface area is 562 Å². The smallest absolute Gasteiger partial charge is 0.104 e. The number of pyridine rings is 1. The van der Waals surface area contributed by atoms with E-state index in [0.29, 0.717) is 5.56 Å². The van der Waals surface area contributed by atoms with E-state index in [1.54, 1.807) is 0 Å². The number of nitrogens with zero attached hydrogens (tertiary/aromatic N) is 5. The Balaban J connectivity index is 1.33. The van der Waals surface area contributed by atoms with Crippen molar-refractivity contribution in [3.8, 4) is 67.9 Å². The second-order valence-corrected chi connectivity index (χ2v) is 32.9. The molecule has 0 atom stereocenters. The van der Waals surface area contributed by atoms with Crippen molar-refractivity contribution in [2.75, 3.05) is 0 Å². The van der Waals surface area contributed by atoms with Crippen LogP contribution in [0.25, 0.3) is 127 Å². The first-order valence-corrected chi connectivity index (χ1v) is 34.0. The Morgan fingerprint density at radius 3 is 0.874 bits per heavy atom. The highest BCUT2D eigenvalue weighted by atomic mass is 15.1. The summed E-state index contributed by atoms with van der Waals surface area (Å²) < 4.78 is 7.50. The molecule has 0 N–H and O–H groups in total. The third-order valence-corrected chi connectivity index (χ3v) is 20.0. The number of benzene rings is 10. The molecule has 0 amide bonds. The molecule has 474 valence electrons. The number of fused-ring (bicyclic) bond motifs is 9. The molecule has 0 spiro atoms. The highest BCUT2D eigenvalue weighted by Gasteiger charge is 2.37. The van der Waals surface area contributed by atoms with Crippen molar-refractivity contribution in [3.05, 3.63) is 251 Å². The van der Waals surface area contributed by atoms with Gasteiger partial charge in [-0.2, -0.15) is 5.26 Å². The van der Waals surface area contributed by atoms with Gasteiger partial charge in [0.1, 0.15) is 11.6 Å². The van der Waals surface area contributed by atoms with Gasteiger partial charge < -0.3 is 13.7 Å². The van der Waals surface area contributed by atoms with Gasteiger partial charge in [0, 0.05) is 60.1 Å². The predicted octanol–water partition coefficient (Wildman–Crippen LogP) is 24.7. The lowest BCUT2D eigenvalue weighted by atomic mass is 9.85. The van der Waals surface area contributed by atoms with Crippen LogP contribution < -0.4 is 0 Å². The van der Waals surface area contributed by atoms with Crippen molar-refractivity contribution >= 4 is 65.4 Å². The van der Waals surface area contributed by atoms with Crippen molar-refractivity contribution in [3.63, 3.8) is 0 Å². The van der Waals surface area contributed by atoms with E-state index < -0.39 is 0 Å². The Morgan fingerprint density at radius 1 is 0.284 bits per heavy atom. The van der Waals surface area contributed by atoms with Crippen molar-refractivity contribution in [2.24, 2.45) is 0 Å². The second kappa shape index (κ2) is 22.2. The van der Waals surface area contributed by atoms with Crippen molar-refractivity contribution in [1.29, 1.82) is 5.26 Å². The minimum Gasteiger partial charge on any atom is -0.307 e. The maximum Gasteiger partial charge on any atom is 0.104 e. The number of aromatic nitrogens is 4. The highest BCUT2D eigenvalue weighted by molar-refractivity contribution is 6.17. The molecule has 95 heavy (non-hydrogen) atoms. The average Bonchev–Trinajstić information content (AvgIpc) is 1.62. The van der Waals surface area contributed by atoms with Gasteiger partial charge in [-0.1, -0.05) is 252 Å². The largest absolute Gasteiger partial charge is 0.307 e. The van der Waals surface area contributed by atoms with Crippen LogP contribution in [0.3, 0.4) is 0 Å². The zero-order valence-electron chi connectivity index (χ0n) is 58.9. The summed E-state index contributed by atoms with van der Waals surface area (Å²) in [5.74, 6) is 0. The van der Waals surface area contributed by atoms with Gasteiger partial charge in [-0.05, 0) is 156 Å². The minimum absolute atomic E-state index is 0.148. The number of hydrogen-bond donors (Lipinski definition) is 0. The van der Waals surface area contributed by atoms with Crippen LogP contribution in [0.1, 0.15) is 164 Å². The third-order valence-electron chi connectivity index (χ3n) is 20.0. The summed E-state index contributed by atoms with van der Waals surface area (Å²) in [4.78, 5) is 5.87. The third kappa shape index (κ3) is 10.7. The van der Waals surface area contributed by atoms with Gasteiger partial charge in [0.2, 0.25) is 0 Å². The molecule has 10 aromatic carbocycles. The topological polar surface area (TPSA) is 51.5 Å². The monoisotopic (exact) mass is 1240 g/mol. The van der Waals surface area contributed by atoms with Crippen LogP contribution in [0.15, 0.2) is 212 Å². The maximum atomic E-state index is 13.5. The summed E-state index contributed by atoms with van der Waals surface area (Å²) in [5, 5.41) is 20.4. The molecular formula is C90H89N5. The van der Waals surface area contributed by atoms with Gasteiger partial charge in [0.15, 0.2) is 0 Å². The van der Waals surface area contributed by atoms with Crippen LogP contribution in [-0.4, -0.2) is 18.7 Å². The van der Waals surface area contributed by atoms with Gasteiger partial charge in [0.25, 0.3) is 0 Å². The number of hydrogen-bond acceptors (Lipinski definition) is 2. The van der Waals surface area contributed by atoms with E-state index in [2.05, 4.69) is 357 Å². The summed E-state index contributed by atoms with van der Waals surface area (Å²) >= 11 is 0. The quantitative estimate of drug-likeness (QED) is 0.160. The molecule has 0 saturated carbocycles. The van der Waals surface area contributed by atoms with Crippen LogP contribution in [0.4, 0.5) is 0 Å². The van der Waals surface area contributed by atoms with Crippen LogP contribution in [0.2, 0.25) is 0 Å². The number of rotatable bonds is 7. The lowest BCUT2D eigenvalue weighted by Crippen LogP contribution is -2.15. The Morgan fingerprint density at radius 2 is 0.568 bits per heavy atom. The van der Waals surface area contributed by atoms with Crippen molar-refractivity contribution in [2.45, 2.75) is 157 Å². The van der Waals surface area contributed by atoms with Gasteiger partial charge in [-0.15, -0.1) is 0 Å². The van der Waals surface area contributed by atoms with Crippen LogP contribution >= 0.6 is 0 Å². The lowest BCUT2D eigenvalue weighted by molar-refractivity contribution is 0.590. The summed E-state index contributed by atoms with van der Waals surface area (Å²) in [6.45, 7) is 41.5. The van der Waals surface area contributed by atoms with E-state index in [1.807, 2.05) is 0 Å². The van der Waals surface area contributed by atoms with Crippen LogP contribution in [0, 0.1) is 11.3 Å². The fourth-order valence-corrected chi connectivity index (χ4v) is 14.5. The molecular weight excluding hydrogens is 1150 g/mol. The van der Waals surface area contributed by atoms with E-state index >= 15 is 0 Å². The van der Waals surface area contributed by atoms with E-state index in [9.17, 15) is 5.26 Å². The molecule has 0 aliphatic heterocycles. The molecule has 0 aliphatic rings. The fraction of sp³-hybridized carbons (Fsp3) is 0.267. The molecule has 0 unspecified atom stereocenters. The molecule has 0 saturated heterocycles. The van der Waals surface area contributed by atoms with Crippen LogP contribution in [-0.2, 0) is 32.5 Å². The molecule has 0 bridgehead atoms. The number of nitriles is 1.